The van der Waals surface area contributed by atoms with Gasteiger partial charge >= 0.3 is 0 Å². The molecular formula is C19H15N9O3S. The molecule has 13 heteroatoms. The molecule has 0 bridgehead atoms. The van der Waals surface area contributed by atoms with Gasteiger partial charge in [-0.2, -0.15) is 9.61 Å². The van der Waals surface area contributed by atoms with E-state index >= 15 is 0 Å². The summed E-state index contributed by atoms with van der Waals surface area (Å²) in [5.74, 6) is 0.440. The maximum Gasteiger partial charge on any atom is 0.295 e. The van der Waals surface area contributed by atoms with Crippen LogP contribution in [0.25, 0.3) is 27.9 Å². The van der Waals surface area contributed by atoms with Crippen LogP contribution in [0.2, 0.25) is 0 Å². The summed E-state index contributed by atoms with van der Waals surface area (Å²) >= 11 is 0. The van der Waals surface area contributed by atoms with E-state index in [0.29, 0.717) is 22.4 Å². The molecule has 1 N–H and O–H groups in total. The predicted octanol–water partition coefficient (Wildman–Crippen LogP) is 0.975. The van der Waals surface area contributed by atoms with Gasteiger partial charge in [-0.15, -0.1) is 5.10 Å². The van der Waals surface area contributed by atoms with Crippen molar-refractivity contribution in [3.05, 3.63) is 59.5 Å². The fourth-order valence-corrected chi connectivity index (χ4v) is 4.07. The smallest absolute Gasteiger partial charge is 0.295 e. The molecule has 0 saturated heterocycles. The van der Waals surface area contributed by atoms with Gasteiger partial charge in [-0.05, 0) is 12.1 Å². The molecule has 0 unspecified atom stereocenters. The zero-order valence-electron chi connectivity index (χ0n) is 16.8. The lowest BCUT2D eigenvalue weighted by Gasteiger charge is -2.09. The molecule has 4 aromatic heterocycles. The maximum atomic E-state index is 12.4. The number of anilines is 2. The van der Waals surface area contributed by atoms with Crippen molar-refractivity contribution in [2.24, 2.45) is 7.05 Å². The van der Waals surface area contributed by atoms with Gasteiger partial charge in [-0.3, -0.25) is 14.5 Å². The van der Waals surface area contributed by atoms with Crippen LogP contribution in [0, 0.1) is 0 Å². The van der Waals surface area contributed by atoms with Crippen LogP contribution >= 0.6 is 0 Å². The second-order valence-corrected chi connectivity index (χ2v) is 8.97. The predicted molar refractivity (Wildman–Crippen MR) is 115 cm³/mol. The van der Waals surface area contributed by atoms with Gasteiger partial charge in [-0.1, -0.05) is 6.07 Å². The molecule has 5 aromatic rings. The van der Waals surface area contributed by atoms with E-state index in [1.54, 1.807) is 36.3 Å². The Bertz CT molecular complexity index is 1680. The van der Waals surface area contributed by atoms with Crippen molar-refractivity contribution in [3.63, 3.8) is 0 Å². The molecule has 0 aliphatic carbocycles. The van der Waals surface area contributed by atoms with Crippen molar-refractivity contribution in [1.29, 1.82) is 0 Å². The number of nitrogens with one attached hydrogen (secondary N) is 1. The average Bonchev–Trinajstić information content (AvgIpc) is 3.33. The monoisotopic (exact) mass is 449 g/mol. The second-order valence-electron chi connectivity index (χ2n) is 6.98. The highest BCUT2D eigenvalue weighted by Gasteiger charge is 2.20. The largest absolute Gasteiger partial charge is 0.318 e. The van der Waals surface area contributed by atoms with Crippen LogP contribution in [0.4, 0.5) is 11.6 Å². The zero-order chi connectivity index (χ0) is 22.5. The number of fused-ring (bicyclic) bond motifs is 3. The van der Waals surface area contributed by atoms with Crippen molar-refractivity contribution in [2.75, 3.05) is 11.6 Å². The number of para-hydroxylation sites is 1. The summed E-state index contributed by atoms with van der Waals surface area (Å²) in [5.41, 5.74) is 0.688. The van der Waals surface area contributed by atoms with E-state index in [1.165, 1.54) is 29.2 Å². The fourth-order valence-electron chi connectivity index (χ4n) is 3.23. The molecule has 0 saturated carbocycles. The first kappa shape index (κ1) is 19.7. The molecule has 0 radical (unpaired) electrons. The molecular weight excluding hydrogens is 434 g/mol. The first-order valence-corrected chi connectivity index (χ1v) is 11.2. The van der Waals surface area contributed by atoms with E-state index in [9.17, 15) is 13.2 Å². The standard InChI is InChI=1S/C19H15N9O3S/c1-27-10-11(8-22-27)16-25-17-12-4-3-5-14(32(2,30)31)15(12)24-19(28(17)26-16)23-13-9-20-6-7-21-18(13)29/h3-10H,1-2H3,(H,21,23,24,29). The average molecular weight is 449 g/mol. The van der Waals surface area contributed by atoms with Crippen LogP contribution in [0.15, 0.2) is 58.9 Å². The first-order chi connectivity index (χ1) is 15.3. The summed E-state index contributed by atoms with van der Waals surface area (Å²) in [4.78, 5) is 29.1. The van der Waals surface area contributed by atoms with Crippen LogP contribution < -0.4 is 10.9 Å². The number of benzene rings is 1. The highest BCUT2D eigenvalue weighted by molar-refractivity contribution is 7.91. The molecule has 160 valence electrons. The summed E-state index contributed by atoms with van der Waals surface area (Å²) in [7, 11) is -1.83. The summed E-state index contributed by atoms with van der Waals surface area (Å²) in [6, 6.07) is 4.79. The van der Waals surface area contributed by atoms with Gasteiger partial charge in [0.2, 0.25) is 5.95 Å². The molecule has 0 aliphatic heterocycles. The molecule has 1 aromatic carbocycles. The summed E-state index contributed by atoms with van der Waals surface area (Å²) < 4.78 is 27.8. The van der Waals surface area contributed by atoms with Crippen molar-refractivity contribution in [3.8, 4) is 11.4 Å². The molecule has 0 atom stereocenters. The number of sulfone groups is 1. The molecule has 5 rings (SSSR count). The Morgan fingerprint density at radius 2 is 1.94 bits per heavy atom. The van der Waals surface area contributed by atoms with E-state index in [0.717, 1.165) is 6.26 Å². The molecule has 0 spiro atoms. The normalized spacial score (nSPS) is 11.8. The lowest BCUT2D eigenvalue weighted by atomic mass is 10.2. The van der Waals surface area contributed by atoms with Crippen LogP contribution in [-0.2, 0) is 16.9 Å². The van der Waals surface area contributed by atoms with Gasteiger partial charge in [0.15, 0.2) is 21.3 Å². The van der Waals surface area contributed by atoms with Crippen LogP contribution in [0.3, 0.4) is 0 Å². The number of aromatic nitrogens is 8. The summed E-state index contributed by atoms with van der Waals surface area (Å²) in [5, 5.41) is 12.0. The maximum absolute atomic E-state index is 12.4. The van der Waals surface area contributed by atoms with Crippen molar-refractivity contribution in [1.82, 2.24) is 39.3 Å². The quantitative estimate of drug-likeness (QED) is 0.420. The molecule has 12 nitrogen and oxygen atoms in total. The second kappa shape index (κ2) is 7.16. The number of hydrogen-bond acceptors (Lipinski definition) is 10. The van der Waals surface area contributed by atoms with Gasteiger partial charge in [0.1, 0.15) is 5.69 Å². The number of hydrogen-bond donors (Lipinski definition) is 1. The number of aryl methyl sites for hydroxylation is 1. The van der Waals surface area contributed by atoms with Gasteiger partial charge < -0.3 is 5.32 Å². The van der Waals surface area contributed by atoms with Crippen LogP contribution in [-0.4, -0.2) is 54.0 Å². The van der Waals surface area contributed by atoms with E-state index in [2.05, 4.69) is 35.5 Å². The lowest BCUT2D eigenvalue weighted by Crippen LogP contribution is -2.12. The van der Waals surface area contributed by atoms with Crippen LogP contribution in [0.5, 0.6) is 0 Å². The van der Waals surface area contributed by atoms with Crippen LogP contribution in [0.1, 0.15) is 0 Å². The summed E-state index contributed by atoms with van der Waals surface area (Å²) in [6.45, 7) is 0. The lowest BCUT2D eigenvalue weighted by molar-refractivity contribution is 0.602. The van der Waals surface area contributed by atoms with Gasteiger partial charge in [0, 0.05) is 37.3 Å². The first-order valence-electron chi connectivity index (χ1n) is 9.27. The van der Waals surface area contributed by atoms with Gasteiger partial charge in [0.05, 0.1) is 28.4 Å². The Morgan fingerprint density at radius 1 is 1.09 bits per heavy atom. The van der Waals surface area contributed by atoms with Crippen molar-refractivity contribution < 1.29 is 8.42 Å². The molecule has 0 aliphatic rings. The van der Waals surface area contributed by atoms with E-state index in [1.807, 2.05) is 0 Å². The molecule has 0 amide bonds. The third-order valence-electron chi connectivity index (χ3n) is 4.65. The zero-order valence-corrected chi connectivity index (χ0v) is 17.6. The minimum Gasteiger partial charge on any atom is -0.318 e. The highest BCUT2D eigenvalue weighted by atomic mass is 32.2. The minimum atomic E-state index is -3.60. The Balaban J connectivity index is 1.85. The van der Waals surface area contributed by atoms with Crippen molar-refractivity contribution in [2.45, 2.75) is 4.90 Å². The fraction of sp³-hybridized carbons (Fsp3) is 0.105. The van der Waals surface area contributed by atoms with E-state index in [4.69, 9.17) is 0 Å². The molecule has 4 heterocycles. The number of rotatable bonds is 4. The Kier molecular flexibility index (Phi) is 4.41. The highest BCUT2D eigenvalue weighted by Crippen LogP contribution is 2.28. The Labute approximate surface area is 180 Å². The SMILES string of the molecule is Cn1cc(-c2nc3c4cccc(S(C)(=O)=O)c4nc(Nc4cnccnc4=O)n3n2)cn1. The minimum absolute atomic E-state index is 0.0312. The third kappa shape index (κ3) is 3.33. The van der Waals surface area contributed by atoms with Crippen molar-refractivity contribution >= 4 is 38.0 Å². The topological polar surface area (TPSA) is 150 Å². The Hall–Kier alpha value is -4.26. The summed E-state index contributed by atoms with van der Waals surface area (Å²) in [6.07, 6.45) is 8.41. The van der Waals surface area contributed by atoms with E-state index < -0.39 is 15.4 Å². The van der Waals surface area contributed by atoms with E-state index in [-0.39, 0.29) is 22.0 Å². The van der Waals surface area contributed by atoms with Gasteiger partial charge in [0.25, 0.3) is 5.56 Å². The van der Waals surface area contributed by atoms with Gasteiger partial charge in [-0.25, -0.2) is 23.4 Å². The Morgan fingerprint density at radius 3 is 2.69 bits per heavy atom. The molecule has 32 heavy (non-hydrogen) atoms. The molecule has 0 fully saturated rings. The third-order valence-corrected chi connectivity index (χ3v) is 5.78. The number of nitrogens with zero attached hydrogens (tertiary/aromatic N) is 8.